The maximum Gasteiger partial charge on any atom is 0.254 e. The summed E-state index contributed by atoms with van der Waals surface area (Å²) in [5, 5.41) is 10.3. The first-order valence-electron chi connectivity index (χ1n) is 8.29. The van der Waals surface area contributed by atoms with Crippen LogP contribution in [0.2, 0.25) is 0 Å². The average molecular weight is 345 g/mol. The molecule has 1 aromatic carbocycles. The third kappa shape index (κ3) is 3.84. The molecule has 2 aromatic rings. The van der Waals surface area contributed by atoms with E-state index in [1.807, 2.05) is 29.2 Å². The van der Waals surface area contributed by atoms with E-state index in [1.54, 1.807) is 30.2 Å². The van der Waals surface area contributed by atoms with Gasteiger partial charge in [-0.25, -0.2) is 0 Å². The number of hydrogen-bond donors (Lipinski definition) is 1. The van der Waals surface area contributed by atoms with Crippen LogP contribution in [0, 0.1) is 0 Å². The highest BCUT2D eigenvalue weighted by molar-refractivity contribution is 7.97. The van der Waals surface area contributed by atoms with Gasteiger partial charge in [-0.15, -0.1) is 0 Å². The number of rotatable bonds is 6. The van der Waals surface area contributed by atoms with E-state index in [2.05, 4.69) is 6.26 Å². The summed E-state index contributed by atoms with van der Waals surface area (Å²) in [4.78, 5) is 14.7. The zero-order chi connectivity index (χ0) is 16.9. The van der Waals surface area contributed by atoms with Gasteiger partial charge < -0.3 is 14.4 Å². The molecule has 0 aliphatic carbocycles. The molecule has 1 aliphatic rings. The van der Waals surface area contributed by atoms with Crippen molar-refractivity contribution in [1.82, 2.24) is 4.90 Å². The smallest absolute Gasteiger partial charge is 0.254 e. The van der Waals surface area contributed by atoms with Crippen LogP contribution >= 0.6 is 11.8 Å². The Morgan fingerprint density at radius 1 is 1.38 bits per heavy atom. The van der Waals surface area contributed by atoms with Gasteiger partial charge >= 0.3 is 0 Å². The Balaban J connectivity index is 1.66. The third-order valence-corrected chi connectivity index (χ3v) is 5.14. The van der Waals surface area contributed by atoms with Crippen molar-refractivity contribution >= 4 is 17.7 Å². The van der Waals surface area contributed by atoms with Gasteiger partial charge in [0, 0.05) is 30.3 Å². The highest BCUT2D eigenvalue weighted by Crippen LogP contribution is 2.29. The minimum atomic E-state index is -0.664. The summed E-state index contributed by atoms with van der Waals surface area (Å²) in [6, 6.07) is 11.5. The van der Waals surface area contributed by atoms with E-state index >= 15 is 0 Å². The van der Waals surface area contributed by atoms with Crippen LogP contribution in [0.15, 0.2) is 47.1 Å². The number of furan rings is 1. The summed E-state index contributed by atoms with van der Waals surface area (Å²) < 4.78 is 5.27. The van der Waals surface area contributed by atoms with Crippen molar-refractivity contribution < 1.29 is 14.3 Å². The molecule has 1 saturated heterocycles. The van der Waals surface area contributed by atoms with E-state index in [0.29, 0.717) is 12.2 Å². The van der Waals surface area contributed by atoms with E-state index in [4.69, 9.17) is 4.42 Å². The zero-order valence-corrected chi connectivity index (χ0v) is 14.7. The molecule has 128 valence electrons. The number of amides is 1. The van der Waals surface area contributed by atoms with E-state index in [-0.39, 0.29) is 11.9 Å². The molecule has 1 aromatic heterocycles. The van der Waals surface area contributed by atoms with Gasteiger partial charge in [0.05, 0.1) is 6.26 Å². The number of likely N-dealkylation sites (tertiary alicyclic amines) is 1. The van der Waals surface area contributed by atoms with Crippen molar-refractivity contribution in [2.75, 3.05) is 12.8 Å². The Morgan fingerprint density at radius 3 is 2.83 bits per heavy atom. The van der Waals surface area contributed by atoms with Gasteiger partial charge in [-0.05, 0) is 48.9 Å². The van der Waals surface area contributed by atoms with Gasteiger partial charge in [-0.2, -0.15) is 11.8 Å². The lowest BCUT2D eigenvalue weighted by Gasteiger charge is -2.26. The van der Waals surface area contributed by atoms with Crippen LogP contribution in [0.5, 0.6) is 0 Å². The second kappa shape index (κ2) is 7.90. The number of benzene rings is 1. The number of carbonyl (C=O) groups is 1. The SMILES string of the molecule is CSCc1ccc(C(=O)N2CCCC2CC(O)c2ccco2)cc1. The molecule has 1 fully saturated rings. The molecule has 4 nitrogen and oxygen atoms in total. The second-order valence-corrected chi connectivity index (χ2v) is 7.06. The molecule has 3 rings (SSSR count). The van der Waals surface area contributed by atoms with Crippen molar-refractivity contribution in [3.8, 4) is 0 Å². The minimum absolute atomic E-state index is 0.0554. The first-order chi connectivity index (χ1) is 11.7. The molecular weight excluding hydrogens is 322 g/mol. The van der Waals surface area contributed by atoms with Crippen LogP contribution in [0.3, 0.4) is 0 Å². The highest BCUT2D eigenvalue weighted by atomic mass is 32.2. The molecule has 0 bridgehead atoms. The lowest BCUT2D eigenvalue weighted by Crippen LogP contribution is -2.36. The van der Waals surface area contributed by atoms with Gasteiger partial charge in [0.25, 0.3) is 5.91 Å². The number of nitrogens with zero attached hydrogens (tertiary/aromatic N) is 1. The molecule has 1 N–H and O–H groups in total. The van der Waals surface area contributed by atoms with Crippen molar-refractivity contribution in [1.29, 1.82) is 0 Å². The van der Waals surface area contributed by atoms with Crippen LogP contribution in [-0.4, -0.2) is 34.8 Å². The fourth-order valence-corrected chi connectivity index (χ4v) is 3.80. The Kier molecular flexibility index (Phi) is 5.63. The molecule has 2 heterocycles. The number of hydrogen-bond acceptors (Lipinski definition) is 4. The summed E-state index contributed by atoms with van der Waals surface area (Å²) >= 11 is 1.77. The van der Waals surface area contributed by atoms with E-state index in [0.717, 1.165) is 30.7 Å². The predicted octanol–water partition coefficient (Wildman–Crippen LogP) is 3.87. The van der Waals surface area contributed by atoms with E-state index in [1.165, 1.54) is 5.56 Å². The topological polar surface area (TPSA) is 53.7 Å². The van der Waals surface area contributed by atoms with Gasteiger partial charge in [0.2, 0.25) is 0 Å². The fourth-order valence-electron chi connectivity index (χ4n) is 3.28. The Morgan fingerprint density at radius 2 is 2.17 bits per heavy atom. The van der Waals surface area contributed by atoms with Crippen LogP contribution in [-0.2, 0) is 5.75 Å². The van der Waals surface area contributed by atoms with Gasteiger partial charge in [-0.1, -0.05) is 12.1 Å². The molecule has 24 heavy (non-hydrogen) atoms. The summed E-state index contributed by atoms with van der Waals surface area (Å²) in [6.45, 7) is 0.751. The number of thioether (sulfide) groups is 1. The maximum absolute atomic E-state index is 12.8. The Bertz CT molecular complexity index is 654. The van der Waals surface area contributed by atoms with Crippen LogP contribution < -0.4 is 0 Å². The molecular formula is C19H23NO3S. The zero-order valence-electron chi connectivity index (χ0n) is 13.9. The van der Waals surface area contributed by atoms with E-state index < -0.39 is 6.10 Å². The first kappa shape index (κ1) is 17.1. The standard InChI is InChI=1S/C19H23NO3S/c1-24-13-14-6-8-15(9-7-14)19(22)20-10-2-4-16(20)12-17(21)18-5-3-11-23-18/h3,5-9,11,16-17,21H,2,4,10,12-13H2,1H3. The Labute approximate surface area is 146 Å². The monoisotopic (exact) mass is 345 g/mol. The maximum atomic E-state index is 12.8. The van der Waals surface area contributed by atoms with Gasteiger partial charge in [0.1, 0.15) is 11.9 Å². The van der Waals surface area contributed by atoms with Crippen molar-refractivity contribution in [3.05, 3.63) is 59.5 Å². The predicted molar refractivity (Wildman–Crippen MR) is 96.0 cm³/mol. The lowest BCUT2D eigenvalue weighted by atomic mass is 10.0. The number of aliphatic hydroxyl groups excluding tert-OH is 1. The van der Waals surface area contributed by atoms with Crippen molar-refractivity contribution in [3.63, 3.8) is 0 Å². The summed E-state index contributed by atoms with van der Waals surface area (Å²) in [7, 11) is 0. The van der Waals surface area contributed by atoms with Crippen LogP contribution in [0.4, 0.5) is 0 Å². The molecule has 0 saturated carbocycles. The molecule has 0 radical (unpaired) electrons. The average Bonchev–Trinajstić information content (AvgIpc) is 3.27. The lowest BCUT2D eigenvalue weighted by molar-refractivity contribution is 0.0641. The minimum Gasteiger partial charge on any atom is -0.467 e. The first-order valence-corrected chi connectivity index (χ1v) is 9.68. The van der Waals surface area contributed by atoms with Gasteiger partial charge in [-0.3, -0.25) is 4.79 Å². The molecule has 1 aliphatic heterocycles. The fraction of sp³-hybridized carbons (Fsp3) is 0.421. The van der Waals surface area contributed by atoms with Crippen molar-refractivity contribution in [2.24, 2.45) is 0 Å². The molecule has 1 amide bonds. The van der Waals surface area contributed by atoms with Crippen LogP contribution in [0.1, 0.15) is 47.0 Å². The summed E-state index contributed by atoms with van der Waals surface area (Å²) in [5.41, 5.74) is 1.95. The highest BCUT2D eigenvalue weighted by Gasteiger charge is 2.31. The van der Waals surface area contributed by atoms with Gasteiger partial charge in [0.15, 0.2) is 0 Å². The van der Waals surface area contributed by atoms with Crippen LogP contribution in [0.25, 0.3) is 0 Å². The van der Waals surface area contributed by atoms with Crippen molar-refractivity contribution in [2.45, 2.75) is 37.2 Å². The second-order valence-electron chi connectivity index (χ2n) is 6.19. The Hall–Kier alpha value is -1.72. The third-order valence-electron chi connectivity index (χ3n) is 4.52. The molecule has 5 heteroatoms. The molecule has 2 atom stereocenters. The quantitative estimate of drug-likeness (QED) is 0.863. The van der Waals surface area contributed by atoms with E-state index in [9.17, 15) is 9.90 Å². The summed E-state index contributed by atoms with van der Waals surface area (Å²) in [5.74, 6) is 1.58. The number of aliphatic hydroxyl groups is 1. The largest absolute Gasteiger partial charge is 0.467 e. The number of carbonyl (C=O) groups excluding carboxylic acids is 1. The summed E-state index contributed by atoms with van der Waals surface area (Å²) in [6.07, 6.45) is 5.39. The normalized spacial score (nSPS) is 18.8. The molecule has 0 spiro atoms. The molecule has 2 unspecified atom stereocenters.